The van der Waals surface area contributed by atoms with E-state index in [0.29, 0.717) is 38.0 Å². The zero-order chi connectivity index (χ0) is 26.1. The quantitative estimate of drug-likeness (QED) is 0.615. The molecule has 194 valence electrons. The van der Waals surface area contributed by atoms with Crippen LogP contribution in [0.15, 0.2) is 48.5 Å². The van der Waals surface area contributed by atoms with Gasteiger partial charge in [0.25, 0.3) is 0 Å². The van der Waals surface area contributed by atoms with Gasteiger partial charge in [-0.15, -0.1) is 0 Å². The Morgan fingerprint density at radius 1 is 1.14 bits per heavy atom. The standard InChI is InChI=1S/C27H33FN2O5S/c1-18-24(36(33,34)25(17-29-18)20-7-5-4-6-8-20)15-21-9-10-22(16-23(21)28)27(26(32)35-3)11-13-30(14-12-27)19(2)31/h4-10,16,18,24-25,29H,11-15,17H2,1-3H3/t18-,24?,25-/m0/s1. The van der Waals surface area contributed by atoms with E-state index < -0.39 is 37.5 Å². The number of rotatable bonds is 5. The molecule has 3 atom stereocenters. The van der Waals surface area contributed by atoms with Gasteiger partial charge in [-0.3, -0.25) is 9.59 Å². The molecule has 0 aliphatic carbocycles. The number of esters is 1. The van der Waals surface area contributed by atoms with Crippen molar-refractivity contribution < 1.29 is 27.1 Å². The van der Waals surface area contributed by atoms with Crippen molar-refractivity contribution in [1.82, 2.24) is 10.2 Å². The van der Waals surface area contributed by atoms with Gasteiger partial charge in [0.1, 0.15) is 5.82 Å². The highest BCUT2D eigenvalue weighted by Gasteiger charge is 2.46. The number of carbonyl (C=O) groups is 2. The minimum Gasteiger partial charge on any atom is -0.468 e. The van der Waals surface area contributed by atoms with Crippen molar-refractivity contribution in [3.8, 4) is 0 Å². The third-order valence-corrected chi connectivity index (χ3v) is 10.5. The molecule has 4 rings (SSSR count). The smallest absolute Gasteiger partial charge is 0.316 e. The molecule has 2 heterocycles. The Hall–Kier alpha value is -2.78. The van der Waals surface area contributed by atoms with Gasteiger partial charge in [0, 0.05) is 32.6 Å². The zero-order valence-corrected chi connectivity index (χ0v) is 21.7. The number of ether oxygens (including phenoxy) is 1. The van der Waals surface area contributed by atoms with Crippen LogP contribution in [0.3, 0.4) is 0 Å². The van der Waals surface area contributed by atoms with Crippen LogP contribution in [0.25, 0.3) is 0 Å². The van der Waals surface area contributed by atoms with Gasteiger partial charge in [-0.05, 0) is 48.9 Å². The van der Waals surface area contributed by atoms with Gasteiger partial charge in [0.05, 0.1) is 23.0 Å². The average Bonchev–Trinajstić information content (AvgIpc) is 2.87. The number of hydrogen-bond acceptors (Lipinski definition) is 6. The highest BCUT2D eigenvalue weighted by molar-refractivity contribution is 7.92. The summed E-state index contributed by atoms with van der Waals surface area (Å²) in [7, 11) is -2.29. The van der Waals surface area contributed by atoms with Crippen LogP contribution in [0.2, 0.25) is 0 Å². The van der Waals surface area contributed by atoms with Gasteiger partial charge >= 0.3 is 5.97 Å². The molecule has 36 heavy (non-hydrogen) atoms. The van der Waals surface area contributed by atoms with E-state index in [2.05, 4.69) is 5.32 Å². The SMILES string of the molecule is COC(=O)C1(c2ccc(CC3[C@H](C)NC[C@@H](c4ccccc4)S3(=O)=O)c(F)c2)CCN(C(C)=O)CC1. The lowest BCUT2D eigenvalue weighted by Gasteiger charge is -2.40. The first-order chi connectivity index (χ1) is 17.1. The zero-order valence-electron chi connectivity index (χ0n) is 20.9. The molecule has 2 aromatic carbocycles. The molecule has 2 saturated heterocycles. The van der Waals surface area contributed by atoms with Crippen LogP contribution in [0.1, 0.15) is 48.6 Å². The summed E-state index contributed by atoms with van der Waals surface area (Å²) in [6.45, 7) is 4.35. The minimum atomic E-state index is -3.60. The summed E-state index contributed by atoms with van der Waals surface area (Å²) in [5.41, 5.74) is 0.439. The second-order valence-electron chi connectivity index (χ2n) is 9.81. The molecule has 7 nitrogen and oxygen atoms in total. The van der Waals surface area contributed by atoms with Crippen LogP contribution in [0.4, 0.5) is 4.39 Å². The van der Waals surface area contributed by atoms with Gasteiger partial charge < -0.3 is 15.0 Å². The van der Waals surface area contributed by atoms with Crippen molar-refractivity contribution in [3.05, 3.63) is 71.0 Å². The molecule has 2 aliphatic rings. The second-order valence-corrected chi connectivity index (χ2v) is 12.2. The third kappa shape index (κ3) is 4.78. The summed E-state index contributed by atoms with van der Waals surface area (Å²) in [6, 6.07) is 13.3. The molecule has 2 aliphatic heterocycles. The predicted octanol–water partition coefficient (Wildman–Crippen LogP) is 2.94. The molecule has 2 fully saturated rings. The monoisotopic (exact) mass is 516 g/mol. The number of amides is 1. The Morgan fingerprint density at radius 3 is 2.39 bits per heavy atom. The lowest BCUT2D eigenvalue weighted by Crippen LogP contribution is -2.53. The molecule has 9 heteroatoms. The van der Waals surface area contributed by atoms with E-state index in [0.717, 1.165) is 5.56 Å². The Labute approximate surface area is 211 Å². The number of halogens is 1. The van der Waals surface area contributed by atoms with Crippen molar-refractivity contribution >= 4 is 21.7 Å². The van der Waals surface area contributed by atoms with Crippen LogP contribution in [0.5, 0.6) is 0 Å². The fourth-order valence-electron chi connectivity index (χ4n) is 5.54. The average molecular weight is 517 g/mol. The lowest BCUT2D eigenvalue weighted by molar-refractivity contribution is -0.151. The van der Waals surface area contributed by atoms with E-state index in [9.17, 15) is 18.0 Å². The molecule has 1 unspecified atom stereocenters. The number of nitrogens with zero attached hydrogens (tertiary/aromatic N) is 1. The van der Waals surface area contributed by atoms with Crippen molar-refractivity contribution in [2.45, 2.75) is 55.1 Å². The van der Waals surface area contributed by atoms with E-state index in [1.54, 1.807) is 29.2 Å². The maximum absolute atomic E-state index is 15.5. The van der Waals surface area contributed by atoms with Crippen LogP contribution < -0.4 is 5.32 Å². The van der Waals surface area contributed by atoms with Gasteiger partial charge in [0.15, 0.2) is 9.84 Å². The van der Waals surface area contributed by atoms with Crippen molar-refractivity contribution in [1.29, 1.82) is 0 Å². The van der Waals surface area contributed by atoms with E-state index in [1.807, 2.05) is 25.1 Å². The van der Waals surface area contributed by atoms with Crippen molar-refractivity contribution in [3.63, 3.8) is 0 Å². The number of likely N-dealkylation sites (tertiary alicyclic amines) is 1. The van der Waals surface area contributed by atoms with E-state index in [-0.39, 0.29) is 23.9 Å². The highest BCUT2D eigenvalue weighted by atomic mass is 32.2. The lowest BCUT2D eigenvalue weighted by atomic mass is 9.72. The Bertz CT molecular complexity index is 1230. The molecule has 0 aromatic heterocycles. The number of carbonyl (C=O) groups excluding carboxylic acids is 2. The normalized spacial score (nSPS) is 25.2. The van der Waals surface area contributed by atoms with E-state index in [4.69, 9.17) is 4.74 Å². The Balaban J connectivity index is 1.61. The fourth-order valence-corrected chi connectivity index (χ4v) is 7.90. The Morgan fingerprint density at radius 2 is 1.81 bits per heavy atom. The predicted molar refractivity (Wildman–Crippen MR) is 135 cm³/mol. The van der Waals surface area contributed by atoms with Gasteiger partial charge in [-0.1, -0.05) is 42.5 Å². The van der Waals surface area contributed by atoms with Gasteiger partial charge in [-0.2, -0.15) is 0 Å². The van der Waals surface area contributed by atoms with Crippen LogP contribution in [-0.2, 0) is 36.0 Å². The van der Waals surface area contributed by atoms with Crippen LogP contribution in [-0.4, -0.2) is 63.2 Å². The van der Waals surface area contributed by atoms with Gasteiger partial charge in [-0.25, -0.2) is 12.8 Å². The van der Waals surface area contributed by atoms with E-state index in [1.165, 1.54) is 20.1 Å². The Kier molecular flexibility index (Phi) is 7.52. The van der Waals surface area contributed by atoms with Crippen LogP contribution >= 0.6 is 0 Å². The molecule has 0 bridgehead atoms. The largest absolute Gasteiger partial charge is 0.468 e. The molecule has 0 radical (unpaired) electrons. The summed E-state index contributed by atoms with van der Waals surface area (Å²) < 4.78 is 47.7. The molecule has 1 amide bonds. The molecule has 0 saturated carbocycles. The number of methoxy groups -OCH3 is 1. The minimum absolute atomic E-state index is 0.0231. The number of hydrogen-bond donors (Lipinski definition) is 1. The maximum atomic E-state index is 15.5. The maximum Gasteiger partial charge on any atom is 0.316 e. The topological polar surface area (TPSA) is 92.8 Å². The van der Waals surface area contributed by atoms with E-state index >= 15 is 4.39 Å². The number of benzene rings is 2. The molecule has 2 aromatic rings. The first-order valence-corrected chi connectivity index (χ1v) is 13.8. The van der Waals surface area contributed by atoms with Crippen molar-refractivity contribution in [2.24, 2.45) is 0 Å². The summed E-state index contributed by atoms with van der Waals surface area (Å²) in [5.74, 6) is -1.08. The first-order valence-electron chi connectivity index (χ1n) is 12.2. The summed E-state index contributed by atoms with van der Waals surface area (Å²) in [5, 5.41) is 1.79. The van der Waals surface area contributed by atoms with Crippen LogP contribution in [0, 0.1) is 5.82 Å². The van der Waals surface area contributed by atoms with Crippen molar-refractivity contribution in [2.75, 3.05) is 26.7 Å². The summed E-state index contributed by atoms with van der Waals surface area (Å²) in [4.78, 5) is 26.3. The third-order valence-electron chi connectivity index (χ3n) is 7.84. The highest BCUT2D eigenvalue weighted by Crippen LogP contribution is 2.38. The molecular formula is C27H33FN2O5S. The molecular weight excluding hydrogens is 483 g/mol. The number of piperidine rings is 1. The fraction of sp³-hybridized carbons (Fsp3) is 0.481. The first kappa shape index (κ1) is 26.3. The summed E-state index contributed by atoms with van der Waals surface area (Å²) in [6.07, 6.45) is 0.679. The second kappa shape index (κ2) is 10.3. The summed E-state index contributed by atoms with van der Waals surface area (Å²) >= 11 is 0. The molecule has 0 spiro atoms. The number of nitrogens with one attached hydrogen (secondary N) is 1. The number of sulfone groups is 1. The van der Waals surface area contributed by atoms with Gasteiger partial charge in [0.2, 0.25) is 5.91 Å². The molecule has 1 N–H and O–H groups in total.